The fourth-order valence-corrected chi connectivity index (χ4v) is 1.86. The van der Waals surface area contributed by atoms with Crippen LogP contribution in [0.25, 0.3) is 22.9 Å². The van der Waals surface area contributed by atoms with Crippen molar-refractivity contribution in [1.29, 1.82) is 0 Å². The molecule has 0 unspecified atom stereocenters. The van der Waals surface area contributed by atoms with E-state index in [0.717, 1.165) is 11.1 Å². The van der Waals surface area contributed by atoms with Crippen LogP contribution in [0.4, 0.5) is 0 Å². The molecule has 0 aliphatic carbocycles. The molecule has 0 saturated carbocycles. The Kier molecular flexibility index (Phi) is 3.66. The fourth-order valence-electron chi connectivity index (χ4n) is 1.86. The predicted molar refractivity (Wildman–Crippen MR) is 79.5 cm³/mol. The largest absolute Gasteiger partial charge is 0.481 e. The molecule has 0 amide bonds. The molecule has 4 heteroatoms. The van der Waals surface area contributed by atoms with Gasteiger partial charge < -0.3 is 9.15 Å². The van der Waals surface area contributed by atoms with Crippen molar-refractivity contribution in [3.8, 4) is 41.0 Å². The highest BCUT2D eigenvalue weighted by Gasteiger charge is 2.10. The number of rotatable bonds is 4. The zero-order chi connectivity index (χ0) is 14.5. The third-order valence-electron chi connectivity index (χ3n) is 2.87. The van der Waals surface area contributed by atoms with Gasteiger partial charge >= 0.3 is 0 Å². The van der Waals surface area contributed by atoms with Gasteiger partial charge in [0.05, 0.1) is 0 Å². The average molecular weight is 276 g/mol. The van der Waals surface area contributed by atoms with Crippen molar-refractivity contribution in [1.82, 2.24) is 10.2 Å². The molecule has 3 aromatic rings. The van der Waals surface area contributed by atoms with Crippen molar-refractivity contribution in [3.05, 3.63) is 54.6 Å². The third kappa shape index (κ3) is 2.93. The molecule has 0 bridgehead atoms. The zero-order valence-corrected chi connectivity index (χ0v) is 11.2. The van der Waals surface area contributed by atoms with E-state index in [9.17, 15) is 0 Å². The van der Waals surface area contributed by atoms with Crippen LogP contribution in [0.3, 0.4) is 0 Å². The second-order valence-electron chi connectivity index (χ2n) is 4.30. The Balaban J connectivity index is 1.82. The number of hydrogen-bond donors (Lipinski definition) is 0. The lowest BCUT2D eigenvalue weighted by Gasteiger charge is -2.01. The van der Waals surface area contributed by atoms with Crippen LogP contribution in [-0.2, 0) is 0 Å². The van der Waals surface area contributed by atoms with Gasteiger partial charge in [-0.2, -0.15) is 0 Å². The SMILES string of the molecule is C#CCOc1ccc(-c2nnc(-c3ccccc3)o2)cc1. The molecule has 4 nitrogen and oxygen atoms in total. The van der Waals surface area contributed by atoms with Crippen molar-refractivity contribution >= 4 is 0 Å². The molecule has 3 rings (SSSR count). The van der Waals surface area contributed by atoms with E-state index in [1.54, 1.807) is 0 Å². The Morgan fingerprint density at radius 2 is 1.52 bits per heavy atom. The van der Waals surface area contributed by atoms with Crippen LogP contribution >= 0.6 is 0 Å². The summed E-state index contributed by atoms with van der Waals surface area (Å²) in [7, 11) is 0. The van der Waals surface area contributed by atoms with Crippen molar-refractivity contribution in [2.24, 2.45) is 0 Å². The number of nitrogens with zero attached hydrogens (tertiary/aromatic N) is 2. The first-order valence-electron chi connectivity index (χ1n) is 6.42. The molecule has 0 saturated heterocycles. The topological polar surface area (TPSA) is 48.2 Å². The first kappa shape index (κ1) is 12.9. The van der Waals surface area contributed by atoms with Crippen molar-refractivity contribution in [3.63, 3.8) is 0 Å². The normalized spacial score (nSPS) is 10.0. The molecule has 0 N–H and O–H groups in total. The van der Waals surface area contributed by atoms with Gasteiger partial charge in [-0.15, -0.1) is 16.6 Å². The number of benzene rings is 2. The Morgan fingerprint density at radius 1 is 0.905 bits per heavy atom. The van der Waals surface area contributed by atoms with E-state index in [-0.39, 0.29) is 6.61 Å². The summed E-state index contributed by atoms with van der Waals surface area (Å²) in [5.41, 5.74) is 1.72. The second kappa shape index (κ2) is 5.93. The number of aromatic nitrogens is 2. The monoisotopic (exact) mass is 276 g/mol. The second-order valence-corrected chi connectivity index (χ2v) is 4.30. The van der Waals surface area contributed by atoms with Crippen LogP contribution in [0.1, 0.15) is 0 Å². The molecule has 2 aromatic carbocycles. The van der Waals surface area contributed by atoms with Gasteiger partial charge in [0.1, 0.15) is 12.4 Å². The zero-order valence-electron chi connectivity index (χ0n) is 11.2. The lowest BCUT2D eigenvalue weighted by atomic mass is 10.2. The first-order chi connectivity index (χ1) is 10.4. The molecule has 0 aliphatic heterocycles. The molecule has 0 fully saturated rings. The molecule has 0 atom stereocenters. The van der Waals surface area contributed by atoms with E-state index < -0.39 is 0 Å². The summed E-state index contributed by atoms with van der Waals surface area (Å²) in [5, 5.41) is 8.13. The van der Waals surface area contributed by atoms with E-state index in [4.69, 9.17) is 15.6 Å². The average Bonchev–Trinajstić information content (AvgIpc) is 3.04. The van der Waals surface area contributed by atoms with Crippen molar-refractivity contribution < 1.29 is 9.15 Å². The van der Waals surface area contributed by atoms with Crippen LogP contribution in [0.2, 0.25) is 0 Å². The van der Waals surface area contributed by atoms with E-state index in [0.29, 0.717) is 17.5 Å². The Labute approximate surface area is 122 Å². The fraction of sp³-hybridized carbons (Fsp3) is 0.0588. The van der Waals surface area contributed by atoms with Crippen LogP contribution in [0.5, 0.6) is 5.75 Å². The van der Waals surface area contributed by atoms with Gasteiger partial charge in [-0.25, -0.2) is 0 Å². The lowest BCUT2D eigenvalue weighted by molar-refractivity contribution is 0.370. The maximum Gasteiger partial charge on any atom is 0.248 e. The van der Waals surface area contributed by atoms with Gasteiger partial charge in [-0.05, 0) is 36.4 Å². The molecule has 21 heavy (non-hydrogen) atoms. The first-order valence-corrected chi connectivity index (χ1v) is 6.42. The summed E-state index contributed by atoms with van der Waals surface area (Å²) in [4.78, 5) is 0. The Hall–Kier alpha value is -3.06. The predicted octanol–water partition coefficient (Wildman–Crippen LogP) is 3.42. The molecule has 102 valence electrons. The van der Waals surface area contributed by atoms with Gasteiger partial charge in [0.2, 0.25) is 11.8 Å². The van der Waals surface area contributed by atoms with Crippen LogP contribution in [-0.4, -0.2) is 16.8 Å². The lowest BCUT2D eigenvalue weighted by Crippen LogP contribution is -1.92. The minimum Gasteiger partial charge on any atom is -0.481 e. The van der Waals surface area contributed by atoms with Crippen LogP contribution in [0, 0.1) is 12.3 Å². The molecular formula is C17H12N2O2. The van der Waals surface area contributed by atoms with Gasteiger partial charge in [-0.3, -0.25) is 0 Å². The van der Waals surface area contributed by atoms with Gasteiger partial charge in [0, 0.05) is 11.1 Å². The minimum absolute atomic E-state index is 0.248. The summed E-state index contributed by atoms with van der Waals surface area (Å²) in [6, 6.07) is 17.0. The molecular weight excluding hydrogens is 264 g/mol. The summed E-state index contributed by atoms with van der Waals surface area (Å²) in [5.74, 6) is 4.10. The summed E-state index contributed by atoms with van der Waals surface area (Å²) in [6.45, 7) is 0.248. The van der Waals surface area contributed by atoms with Gasteiger partial charge in [0.25, 0.3) is 0 Å². The third-order valence-corrected chi connectivity index (χ3v) is 2.87. The summed E-state index contributed by atoms with van der Waals surface area (Å²) >= 11 is 0. The highest BCUT2D eigenvalue weighted by atomic mass is 16.5. The molecule has 0 aliphatic rings. The standard InChI is InChI=1S/C17H12N2O2/c1-2-12-20-15-10-8-14(9-11-15)17-19-18-16(21-17)13-6-4-3-5-7-13/h1,3-11H,12H2. The number of terminal acetylenes is 1. The smallest absolute Gasteiger partial charge is 0.248 e. The number of ether oxygens (including phenoxy) is 1. The highest BCUT2D eigenvalue weighted by Crippen LogP contribution is 2.25. The summed E-state index contributed by atoms with van der Waals surface area (Å²) < 4.78 is 11.0. The van der Waals surface area contributed by atoms with Crippen LogP contribution < -0.4 is 4.74 Å². The quantitative estimate of drug-likeness (QED) is 0.685. The van der Waals surface area contributed by atoms with E-state index in [2.05, 4.69) is 16.1 Å². The molecule has 0 radical (unpaired) electrons. The molecule has 1 aromatic heterocycles. The molecule has 1 heterocycles. The molecule has 0 spiro atoms. The van der Waals surface area contributed by atoms with E-state index in [1.165, 1.54) is 0 Å². The number of hydrogen-bond acceptors (Lipinski definition) is 4. The maximum atomic E-state index is 5.68. The van der Waals surface area contributed by atoms with E-state index in [1.807, 2.05) is 54.6 Å². The Bertz CT molecular complexity index is 755. The Morgan fingerprint density at radius 3 is 2.14 bits per heavy atom. The van der Waals surface area contributed by atoms with Crippen molar-refractivity contribution in [2.75, 3.05) is 6.61 Å². The van der Waals surface area contributed by atoms with E-state index >= 15 is 0 Å². The highest BCUT2D eigenvalue weighted by molar-refractivity contribution is 5.58. The van der Waals surface area contributed by atoms with Gasteiger partial charge in [0.15, 0.2) is 0 Å². The van der Waals surface area contributed by atoms with Crippen molar-refractivity contribution in [2.45, 2.75) is 0 Å². The van der Waals surface area contributed by atoms with Crippen LogP contribution in [0.15, 0.2) is 59.0 Å². The maximum absolute atomic E-state index is 5.68. The summed E-state index contributed by atoms with van der Waals surface area (Å²) in [6.07, 6.45) is 5.15. The van der Waals surface area contributed by atoms with Gasteiger partial charge in [-0.1, -0.05) is 24.1 Å². The minimum atomic E-state index is 0.248.